The van der Waals surface area contributed by atoms with Crippen LogP contribution in [0.3, 0.4) is 0 Å². The Kier molecular flexibility index (Phi) is 3.95. The molecule has 0 heterocycles. The standard InChI is InChI=1S/C9H9BrF3N/c10-6-1-2-7(11)5(3-6)4-8(14)9(12)13/h1-3,8-9H,4,14H2. The minimum atomic E-state index is -2.63. The SMILES string of the molecule is NC(Cc1cc(Br)ccc1F)C(F)F. The van der Waals surface area contributed by atoms with Crippen LogP contribution in [0.25, 0.3) is 0 Å². The van der Waals surface area contributed by atoms with Gasteiger partial charge in [0, 0.05) is 4.47 Å². The van der Waals surface area contributed by atoms with Crippen LogP contribution >= 0.6 is 15.9 Å². The Morgan fingerprint density at radius 1 is 1.36 bits per heavy atom. The molecule has 0 aliphatic rings. The van der Waals surface area contributed by atoms with Gasteiger partial charge in [0.25, 0.3) is 6.43 Å². The molecule has 1 aromatic carbocycles. The van der Waals surface area contributed by atoms with Crippen LogP contribution in [0.2, 0.25) is 0 Å². The van der Waals surface area contributed by atoms with Gasteiger partial charge in [0.05, 0.1) is 6.04 Å². The van der Waals surface area contributed by atoms with Crippen LogP contribution < -0.4 is 5.73 Å². The molecule has 2 N–H and O–H groups in total. The van der Waals surface area contributed by atoms with Crippen molar-refractivity contribution in [3.63, 3.8) is 0 Å². The molecule has 0 saturated carbocycles. The monoisotopic (exact) mass is 267 g/mol. The third kappa shape index (κ3) is 2.99. The minimum absolute atomic E-state index is 0.164. The van der Waals surface area contributed by atoms with Crippen molar-refractivity contribution in [1.82, 2.24) is 0 Å². The summed E-state index contributed by atoms with van der Waals surface area (Å²) < 4.78 is 37.9. The third-order valence-electron chi connectivity index (χ3n) is 1.79. The zero-order valence-corrected chi connectivity index (χ0v) is 8.77. The maximum atomic E-state index is 13.1. The Morgan fingerprint density at radius 3 is 2.57 bits per heavy atom. The van der Waals surface area contributed by atoms with Gasteiger partial charge in [-0.15, -0.1) is 0 Å². The van der Waals surface area contributed by atoms with Crippen molar-refractivity contribution in [2.24, 2.45) is 5.73 Å². The molecule has 0 aliphatic carbocycles. The first-order valence-corrected chi connectivity index (χ1v) is 4.77. The Balaban J connectivity index is 2.80. The highest BCUT2D eigenvalue weighted by Crippen LogP contribution is 2.17. The summed E-state index contributed by atoms with van der Waals surface area (Å²) in [5.74, 6) is -0.510. The van der Waals surface area contributed by atoms with Crippen LogP contribution in [0.4, 0.5) is 13.2 Å². The zero-order valence-electron chi connectivity index (χ0n) is 7.18. The first-order valence-electron chi connectivity index (χ1n) is 3.98. The minimum Gasteiger partial charge on any atom is -0.323 e. The van der Waals surface area contributed by atoms with E-state index < -0.39 is 18.3 Å². The van der Waals surface area contributed by atoms with E-state index >= 15 is 0 Å². The lowest BCUT2D eigenvalue weighted by Crippen LogP contribution is -2.31. The molecule has 0 saturated heterocycles. The van der Waals surface area contributed by atoms with E-state index in [0.29, 0.717) is 4.47 Å². The van der Waals surface area contributed by atoms with Gasteiger partial charge in [0.1, 0.15) is 5.82 Å². The molecule has 14 heavy (non-hydrogen) atoms. The van der Waals surface area contributed by atoms with Gasteiger partial charge in [-0.1, -0.05) is 15.9 Å². The maximum absolute atomic E-state index is 13.1. The lowest BCUT2D eigenvalue weighted by atomic mass is 10.1. The van der Waals surface area contributed by atoms with E-state index in [4.69, 9.17) is 5.73 Å². The second kappa shape index (κ2) is 4.79. The van der Waals surface area contributed by atoms with Crippen LogP contribution in [0, 0.1) is 5.82 Å². The van der Waals surface area contributed by atoms with Gasteiger partial charge < -0.3 is 5.73 Å². The topological polar surface area (TPSA) is 26.0 Å². The van der Waals surface area contributed by atoms with Crippen molar-refractivity contribution in [3.8, 4) is 0 Å². The summed E-state index contributed by atoms with van der Waals surface area (Å²) in [7, 11) is 0. The highest BCUT2D eigenvalue weighted by atomic mass is 79.9. The van der Waals surface area contributed by atoms with Crippen LogP contribution in [-0.2, 0) is 6.42 Å². The second-order valence-corrected chi connectivity index (χ2v) is 3.85. The molecule has 1 unspecified atom stereocenters. The summed E-state index contributed by atoms with van der Waals surface area (Å²) >= 11 is 3.13. The van der Waals surface area contributed by atoms with Gasteiger partial charge in [0.2, 0.25) is 0 Å². The van der Waals surface area contributed by atoms with E-state index in [1.165, 1.54) is 18.2 Å². The smallest absolute Gasteiger partial charge is 0.253 e. The van der Waals surface area contributed by atoms with Crippen molar-refractivity contribution in [3.05, 3.63) is 34.1 Å². The molecule has 1 nitrogen and oxygen atoms in total. The summed E-state index contributed by atoms with van der Waals surface area (Å²) in [6.45, 7) is 0. The fourth-order valence-corrected chi connectivity index (χ4v) is 1.45. The fourth-order valence-electron chi connectivity index (χ4n) is 1.04. The molecular weight excluding hydrogens is 259 g/mol. The molecule has 0 bridgehead atoms. The average molecular weight is 268 g/mol. The largest absolute Gasteiger partial charge is 0.323 e. The van der Waals surface area contributed by atoms with Gasteiger partial charge in [-0.3, -0.25) is 0 Å². The number of nitrogens with two attached hydrogens (primary N) is 1. The van der Waals surface area contributed by atoms with Crippen LogP contribution in [0.1, 0.15) is 5.56 Å². The zero-order chi connectivity index (χ0) is 10.7. The van der Waals surface area contributed by atoms with Crippen molar-refractivity contribution >= 4 is 15.9 Å². The van der Waals surface area contributed by atoms with Crippen LogP contribution in [-0.4, -0.2) is 12.5 Å². The quantitative estimate of drug-likeness (QED) is 0.896. The molecule has 0 spiro atoms. The van der Waals surface area contributed by atoms with Crippen LogP contribution in [0.5, 0.6) is 0 Å². The molecule has 1 atom stereocenters. The highest BCUT2D eigenvalue weighted by Gasteiger charge is 2.17. The van der Waals surface area contributed by atoms with E-state index in [9.17, 15) is 13.2 Å². The average Bonchev–Trinajstić information content (AvgIpc) is 2.11. The van der Waals surface area contributed by atoms with Crippen molar-refractivity contribution in [2.45, 2.75) is 18.9 Å². The second-order valence-electron chi connectivity index (χ2n) is 2.94. The van der Waals surface area contributed by atoms with Gasteiger partial charge in [0.15, 0.2) is 0 Å². The summed E-state index contributed by atoms with van der Waals surface area (Å²) in [5, 5.41) is 0. The molecule has 0 aliphatic heterocycles. The molecule has 0 radical (unpaired) electrons. The molecule has 1 rings (SSSR count). The first-order chi connectivity index (χ1) is 6.50. The lowest BCUT2D eigenvalue weighted by molar-refractivity contribution is 0.115. The normalized spacial score (nSPS) is 13.3. The predicted octanol–water partition coefficient (Wildman–Crippen LogP) is 2.72. The first kappa shape index (κ1) is 11.5. The van der Waals surface area contributed by atoms with E-state index in [0.717, 1.165) is 0 Å². The summed E-state index contributed by atoms with van der Waals surface area (Å²) in [6, 6.07) is 2.86. The molecule has 5 heteroatoms. The van der Waals surface area contributed by atoms with Crippen LogP contribution in [0.15, 0.2) is 22.7 Å². The number of halogens is 4. The van der Waals surface area contributed by atoms with Crippen molar-refractivity contribution in [2.75, 3.05) is 0 Å². The van der Waals surface area contributed by atoms with E-state index in [2.05, 4.69) is 15.9 Å². The number of hydrogen-bond donors (Lipinski definition) is 1. The Labute approximate surface area is 88.2 Å². The number of rotatable bonds is 3. The number of benzene rings is 1. The van der Waals surface area contributed by atoms with E-state index in [1.807, 2.05) is 0 Å². The number of alkyl halides is 2. The van der Waals surface area contributed by atoms with Gasteiger partial charge in [-0.05, 0) is 30.2 Å². The summed E-state index contributed by atoms with van der Waals surface area (Å²) in [4.78, 5) is 0. The molecular formula is C9H9BrF3N. The van der Waals surface area contributed by atoms with Crippen molar-refractivity contribution in [1.29, 1.82) is 0 Å². The molecule has 0 aromatic heterocycles. The fraction of sp³-hybridized carbons (Fsp3) is 0.333. The van der Waals surface area contributed by atoms with E-state index in [1.54, 1.807) is 0 Å². The van der Waals surface area contributed by atoms with Gasteiger partial charge >= 0.3 is 0 Å². The van der Waals surface area contributed by atoms with Gasteiger partial charge in [-0.25, -0.2) is 13.2 Å². The van der Waals surface area contributed by atoms with Gasteiger partial charge in [-0.2, -0.15) is 0 Å². The van der Waals surface area contributed by atoms with E-state index in [-0.39, 0.29) is 12.0 Å². The summed E-state index contributed by atoms with van der Waals surface area (Å²) in [6.07, 6.45) is -2.79. The third-order valence-corrected chi connectivity index (χ3v) is 2.28. The number of hydrogen-bond acceptors (Lipinski definition) is 1. The Hall–Kier alpha value is -0.550. The maximum Gasteiger partial charge on any atom is 0.253 e. The molecule has 0 fully saturated rings. The molecule has 1 aromatic rings. The Bertz CT molecular complexity index is 317. The predicted molar refractivity (Wildman–Crippen MR) is 51.8 cm³/mol. The molecule has 78 valence electrons. The Morgan fingerprint density at radius 2 is 2.00 bits per heavy atom. The lowest BCUT2D eigenvalue weighted by Gasteiger charge is -2.10. The molecule has 0 amide bonds. The summed E-state index contributed by atoms with van der Waals surface area (Å²) in [5.41, 5.74) is 5.34. The highest BCUT2D eigenvalue weighted by molar-refractivity contribution is 9.10. The van der Waals surface area contributed by atoms with Crippen molar-refractivity contribution < 1.29 is 13.2 Å².